The summed E-state index contributed by atoms with van der Waals surface area (Å²) in [5.41, 5.74) is 4.55. The molecule has 2 rings (SSSR count). The van der Waals surface area contributed by atoms with Crippen LogP contribution in [0.3, 0.4) is 0 Å². The van der Waals surface area contributed by atoms with Gasteiger partial charge in [0.1, 0.15) is 6.04 Å². The molecular weight excluding hydrogens is 348 g/mol. The Morgan fingerprint density at radius 3 is 2.00 bits per heavy atom. The lowest BCUT2D eigenvalue weighted by Crippen LogP contribution is -2.47. The fourth-order valence-corrected chi connectivity index (χ4v) is 3.02. The number of rotatable bonds is 9. The molecule has 2 aromatic carbocycles. The van der Waals surface area contributed by atoms with Gasteiger partial charge in [-0.25, -0.2) is 0 Å². The van der Waals surface area contributed by atoms with Crippen LogP contribution in [0, 0.1) is 13.8 Å². The summed E-state index contributed by atoms with van der Waals surface area (Å²) >= 11 is 0. The molecule has 4 heteroatoms. The van der Waals surface area contributed by atoms with Crippen LogP contribution in [0.2, 0.25) is 0 Å². The zero-order valence-corrected chi connectivity index (χ0v) is 17.5. The summed E-state index contributed by atoms with van der Waals surface area (Å²) < 4.78 is 0. The summed E-state index contributed by atoms with van der Waals surface area (Å²) in [6, 6.07) is 15.8. The minimum absolute atomic E-state index is 0.000276. The molecule has 4 nitrogen and oxygen atoms in total. The predicted octanol–water partition coefficient (Wildman–Crippen LogP) is 4.18. The molecule has 1 atom stereocenters. The van der Waals surface area contributed by atoms with Gasteiger partial charge in [-0.15, -0.1) is 0 Å². The maximum Gasteiger partial charge on any atom is 0.242 e. The van der Waals surface area contributed by atoms with Crippen LogP contribution in [-0.4, -0.2) is 29.3 Å². The van der Waals surface area contributed by atoms with Crippen molar-refractivity contribution in [2.24, 2.45) is 0 Å². The van der Waals surface area contributed by atoms with Gasteiger partial charge in [-0.3, -0.25) is 9.59 Å². The lowest BCUT2D eigenvalue weighted by atomic mass is 10.1. The van der Waals surface area contributed by atoms with Crippen molar-refractivity contribution >= 4 is 11.8 Å². The molecule has 0 fully saturated rings. The summed E-state index contributed by atoms with van der Waals surface area (Å²) in [4.78, 5) is 27.2. The van der Waals surface area contributed by atoms with Gasteiger partial charge in [0.05, 0.1) is 0 Å². The molecule has 2 amide bonds. The summed E-state index contributed by atoms with van der Waals surface area (Å²) in [7, 11) is 0. The van der Waals surface area contributed by atoms with Gasteiger partial charge in [0, 0.05) is 19.5 Å². The smallest absolute Gasteiger partial charge is 0.242 e. The minimum atomic E-state index is -0.502. The highest BCUT2D eigenvalue weighted by atomic mass is 16.2. The van der Waals surface area contributed by atoms with E-state index in [0.717, 1.165) is 17.5 Å². The topological polar surface area (TPSA) is 49.4 Å². The highest BCUT2D eigenvalue weighted by Crippen LogP contribution is 2.14. The first-order valence-corrected chi connectivity index (χ1v) is 10.1. The Kier molecular flexibility index (Phi) is 8.24. The second-order valence-corrected chi connectivity index (χ2v) is 7.46. The van der Waals surface area contributed by atoms with Crippen molar-refractivity contribution in [1.82, 2.24) is 10.2 Å². The van der Waals surface area contributed by atoms with Gasteiger partial charge in [-0.2, -0.15) is 0 Å². The van der Waals surface area contributed by atoms with Crippen LogP contribution < -0.4 is 5.32 Å². The number of benzene rings is 2. The van der Waals surface area contributed by atoms with Crippen molar-refractivity contribution in [3.63, 3.8) is 0 Å². The first-order chi connectivity index (χ1) is 13.4. The minimum Gasteiger partial charge on any atom is -0.354 e. The standard InChI is InChI=1S/C24H32N2O2/c1-5-16-25-24(28)20(4)26(17-22-12-8-19(3)9-13-22)23(27)15-14-21-10-6-18(2)7-11-21/h6-13,20H,5,14-17H2,1-4H3,(H,25,28)/t20-/m0/s1. The van der Waals surface area contributed by atoms with E-state index in [-0.39, 0.29) is 11.8 Å². The van der Waals surface area contributed by atoms with E-state index in [1.807, 2.05) is 45.0 Å². The summed E-state index contributed by atoms with van der Waals surface area (Å²) in [6.45, 7) is 8.97. The molecule has 0 aromatic heterocycles. The predicted molar refractivity (Wildman–Crippen MR) is 114 cm³/mol. The highest BCUT2D eigenvalue weighted by Gasteiger charge is 2.25. The molecule has 0 aliphatic rings. The number of nitrogens with one attached hydrogen (secondary N) is 1. The largest absolute Gasteiger partial charge is 0.354 e. The van der Waals surface area contributed by atoms with Crippen molar-refractivity contribution in [3.05, 3.63) is 70.8 Å². The fourth-order valence-electron chi connectivity index (χ4n) is 3.02. The Hall–Kier alpha value is -2.62. The van der Waals surface area contributed by atoms with Crippen LogP contribution in [0.1, 0.15) is 48.9 Å². The molecule has 2 aromatic rings. The molecule has 0 aliphatic carbocycles. The first-order valence-electron chi connectivity index (χ1n) is 10.1. The van der Waals surface area contributed by atoms with Crippen LogP contribution in [0.5, 0.6) is 0 Å². The van der Waals surface area contributed by atoms with E-state index in [9.17, 15) is 9.59 Å². The number of carbonyl (C=O) groups excluding carboxylic acids is 2. The lowest BCUT2D eigenvalue weighted by Gasteiger charge is -2.29. The molecular formula is C24H32N2O2. The number of hydrogen-bond donors (Lipinski definition) is 1. The Morgan fingerprint density at radius 2 is 1.46 bits per heavy atom. The van der Waals surface area contributed by atoms with Gasteiger partial charge in [0.25, 0.3) is 0 Å². The number of aryl methyl sites for hydroxylation is 3. The number of amides is 2. The molecule has 0 saturated carbocycles. The van der Waals surface area contributed by atoms with Crippen LogP contribution in [0.15, 0.2) is 48.5 Å². The van der Waals surface area contributed by atoms with E-state index in [4.69, 9.17) is 0 Å². The Labute approximate surface area is 169 Å². The highest BCUT2D eigenvalue weighted by molar-refractivity contribution is 5.87. The van der Waals surface area contributed by atoms with E-state index in [1.165, 1.54) is 11.1 Å². The van der Waals surface area contributed by atoms with Gasteiger partial charge in [0.2, 0.25) is 11.8 Å². The molecule has 1 N–H and O–H groups in total. The van der Waals surface area contributed by atoms with E-state index >= 15 is 0 Å². The SMILES string of the molecule is CCCNC(=O)[C@H](C)N(Cc1ccc(C)cc1)C(=O)CCc1ccc(C)cc1. The molecule has 0 bridgehead atoms. The summed E-state index contributed by atoms with van der Waals surface area (Å²) in [5.74, 6) is -0.0991. The maximum atomic E-state index is 13.0. The van der Waals surface area contributed by atoms with Gasteiger partial charge in [-0.1, -0.05) is 66.6 Å². The molecule has 0 radical (unpaired) electrons. The molecule has 0 saturated heterocycles. The molecule has 0 aliphatic heterocycles. The maximum absolute atomic E-state index is 13.0. The van der Waals surface area contributed by atoms with Crippen LogP contribution in [0.4, 0.5) is 0 Å². The van der Waals surface area contributed by atoms with Crippen LogP contribution in [0.25, 0.3) is 0 Å². The van der Waals surface area contributed by atoms with Gasteiger partial charge in [-0.05, 0) is 44.7 Å². The normalized spacial score (nSPS) is 11.7. The van der Waals surface area contributed by atoms with Crippen LogP contribution >= 0.6 is 0 Å². The molecule has 28 heavy (non-hydrogen) atoms. The van der Waals surface area contributed by atoms with Crippen molar-refractivity contribution in [2.45, 2.75) is 59.5 Å². The summed E-state index contributed by atoms with van der Waals surface area (Å²) in [5, 5.41) is 2.91. The van der Waals surface area contributed by atoms with E-state index in [2.05, 4.69) is 36.5 Å². The fraction of sp³-hybridized carbons (Fsp3) is 0.417. The van der Waals surface area contributed by atoms with Crippen molar-refractivity contribution in [2.75, 3.05) is 6.54 Å². The number of carbonyl (C=O) groups is 2. The number of hydrogen-bond acceptors (Lipinski definition) is 2. The Bertz CT molecular complexity index is 766. The third-order valence-corrected chi connectivity index (χ3v) is 4.94. The monoisotopic (exact) mass is 380 g/mol. The molecule has 0 heterocycles. The summed E-state index contributed by atoms with van der Waals surface area (Å²) in [6.07, 6.45) is 1.94. The average molecular weight is 381 g/mol. The quantitative estimate of drug-likeness (QED) is 0.709. The second-order valence-electron chi connectivity index (χ2n) is 7.46. The van der Waals surface area contributed by atoms with Crippen molar-refractivity contribution in [1.29, 1.82) is 0 Å². The van der Waals surface area contributed by atoms with Crippen LogP contribution in [-0.2, 0) is 22.6 Å². The third-order valence-electron chi connectivity index (χ3n) is 4.94. The molecule has 150 valence electrons. The zero-order chi connectivity index (χ0) is 20.5. The third kappa shape index (κ3) is 6.52. The molecule has 0 unspecified atom stereocenters. The second kappa shape index (κ2) is 10.6. The van der Waals surface area contributed by atoms with Gasteiger partial charge >= 0.3 is 0 Å². The van der Waals surface area contributed by atoms with E-state index in [1.54, 1.807) is 4.90 Å². The van der Waals surface area contributed by atoms with Gasteiger partial charge in [0.15, 0.2) is 0 Å². The van der Waals surface area contributed by atoms with Gasteiger partial charge < -0.3 is 10.2 Å². The van der Waals surface area contributed by atoms with E-state index in [0.29, 0.717) is 25.9 Å². The zero-order valence-electron chi connectivity index (χ0n) is 17.5. The average Bonchev–Trinajstić information content (AvgIpc) is 2.70. The molecule has 0 spiro atoms. The van der Waals surface area contributed by atoms with Crippen molar-refractivity contribution < 1.29 is 9.59 Å². The van der Waals surface area contributed by atoms with Crippen molar-refractivity contribution in [3.8, 4) is 0 Å². The lowest BCUT2D eigenvalue weighted by molar-refractivity contribution is -0.140. The van der Waals surface area contributed by atoms with E-state index < -0.39 is 6.04 Å². The first kappa shape index (κ1) is 21.7. The Balaban J connectivity index is 2.10. The number of nitrogens with zero attached hydrogens (tertiary/aromatic N) is 1. The Morgan fingerprint density at radius 1 is 0.929 bits per heavy atom.